The Kier molecular flexibility index (Phi) is 5.06. The van der Waals surface area contributed by atoms with Crippen molar-refractivity contribution in [3.63, 3.8) is 0 Å². The van der Waals surface area contributed by atoms with Crippen molar-refractivity contribution in [3.05, 3.63) is 77.0 Å². The number of carbonyl (C=O) groups is 2. The third kappa shape index (κ3) is 3.85. The van der Waals surface area contributed by atoms with Crippen LogP contribution in [0.3, 0.4) is 0 Å². The van der Waals surface area contributed by atoms with Crippen LogP contribution in [0.1, 0.15) is 35.2 Å². The molecule has 0 bridgehead atoms. The Hall–Kier alpha value is -3.41. The minimum Gasteiger partial charge on any atom is -0.338 e. The molecule has 6 heteroatoms. The normalized spacial score (nSPS) is 17.8. The van der Waals surface area contributed by atoms with Gasteiger partial charge in [-0.3, -0.25) is 9.59 Å². The van der Waals surface area contributed by atoms with Crippen LogP contribution in [0, 0.1) is 12.8 Å². The average Bonchev–Trinajstić information content (AvgIpc) is 3.47. The van der Waals surface area contributed by atoms with Crippen LogP contribution in [0.4, 0.5) is 5.82 Å². The molecule has 1 fully saturated rings. The number of fused-ring (bicyclic) bond motifs is 1. The van der Waals surface area contributed by atoms with Gasteiger partial charge in [-0.15, -0.1) is 0 Å². The first-order chi connectivity index (χ1) is 15.1. The number of carbonyl (C=O) groups excluding carboxylic acids is 2. The van der Waals surface area contributed by atoms with Gasteiger partial charge in [0.05, 0.1) is 17.3 Å². The number of rotatable bonds is 5. The van der Waals surface area contributed by atoms with E-state index >= 15 is 0 Å². The summed E-state index contributed by atoms with van der Waals surface area (Å²) in [6.07, 6.45) is 3.16. The molecule has 158 valence electrons. The highest BCUT2D eigenvalue weighted by molar-refractivity contribution is 5.97. The number of hydrogen-bond acceptors (Lipinski definition) is 3. The Balaban J connectivity index is 1.33. The lowest BCUT2D eigenvalue weighted by Gasteiger charge is -2.17. The van der Waals surface area contributed by atoms with Crippen LogP contribution in [-0.2, 0) is 29.0 Å². The van der Waals surface area contributed by atoms with Gasteiger partial charge >= 0.3 is 0 Å². The summed E-state index contributed by atoms with van der Waals surface area (Å²) in [5.41, 5.74) is 5.38. The Morgan fingerprint density at radius 1 is 1.10 bits per heavy atom. The predicted molar refractivity (Wildman–Crippen MR) is 119 cm³/mol. The van der Waals surface area contributed by atoms with Crippen LogP contribution < -0.4 is 5.32 Å². The highest BCUT2D eigenvalue weighted by atomic mass is 16.2. The predicted octanol–water partition coefficient (Wildman–Crippen LogP) is 3.66. The minimum absolute atomic E-state index is 0.0301. The van der Waals surface area contributed by atoms with Crippen molar-refractivity contribution < 1.29 is 9.59 Å². The number of anilines is 1. The molecule has 1 aliphatic carbocycles. The van der Waals surface area contributed by atoms with Crippen LogP contribution in [0.5, 0.6) is 0 Å². The molecule has 0 saturated carbocycles. The molecule has 0 radical (unpaired) electrons. The van der Waals surface area contributed by atoms with Gasteiger partial charge in [-0.2, -0.15) is 5.10 Å². The monoisotopic (exact) mass is 414 g/mol. The SMILES string of the molecule is Cc1ccc(CN2CC(C(=O)Nc3c4c(nn3-c3ccccc3)CCC4)CC2=O)cc1. The highest BCUT2D eigenvalue weighted by Gasteiger charge is 2.35. The molecule has 2 heterocycles. The van der Waals surface area contributed by atoms with Crippen molar-refractivity contribution in [3.8, 4) is 5.69 Å². The number of hydrogen-bond donors (Lipinski definition) is 1. The molecule has 2 aliphatic rings. The summed E-state index contributed by atoms with van der Waals surface area (Å²) < 4.78 is 1.84. The van der Waals surface area contributed by atoms with E-state index < -0.39 is 0 Å². The number of benzene rings is 2. The van der Waals surface area contributed by atoms with E-state index in [9.17, 15) is 9.59 Å². The first-order valence-electron chi connectivity index (χ1n) is 10.9. The third-order valence-corrected chi connectivity index (χ3v) is 6.23. The summed E-state index contributed by atoms with van der Waals surface area (Å²) in [6.45, 7) is 3.03. The fourth-order valence-electron chi connectivity index (χ4n) is 4.51. The average molecular weight is 415 g/mol. The molecule has 1 aromatic heterocycles. The van der Waals surface area contributed by atoms with E-state index in [1.54, 1.807) is 4.90 Å². The molecule has 2 aromatic carbocycles. The molecule has 1 atom stereocenters. The lowest BCUT2D eigenvalue weighted by atomic mass is 10.1. The quantitative estimate of drug-likeness (QED) is 0.693. The van der Waals surface area contributed by atoms with Gasteiger partial charge in [0.25, 0.3) is 0 Å². The van der Waals surface area contributed by atoms with Gasteiger partial charge in [-0.05, 0) is 43.9 Å². The van der Waals surface area contributed by atoms with Gasteiger partial charge in [0.2, 0.25) is 11.8 Å². The summed E-state index contributed by atoms with van der Waals surface area (Å²) in [5, 5.41) is 7.88. The smallest absolute Gasteiger partial charge is 0.230 e. The Bertz CT molecular complexity index is 1120. The van der Waals surface area contributed by atoms with Crippen LogP contribution >= 0.6 is 0 Å². The molecule has 1 aliphatic heterocycles. The molecule has 5 rings (SSSR count). The number of nitrogens with one attached hydrogen (secondary N) is 1. The van der Waals surface area contributed by atoms with Crippen molar-refractivity contribution in [1.82, 2.24) is 14.7 Å². The second kappa shape index (κ2) is 8.02. The first-order valence-corrected chi connectivity index (χ1v) is 10.9. The van der Waals surface area contributed by atoms with Gasteiger partial charge in [0, 0.05) is 25.1 Å². The maximum atomic E-state index is 13.2. The third-order valence-electron chi connectivity index (χ3n) is 6.23. The zero-order valence-corrected chi connectivity index (χ0v) is 17.7. The number of aryl methyl sites for hydroxylation is 2. The summed E-state index contributed by atoms with van der Waals surface area (Å²) in [5.74, 6) is 0.330. The summed E-state index contributed by atoms with van der Waals surface area (Å²) in [6, 6.07) is 18.0. The van der Waals surface area contributed by atoms with Gasteiger partial charge in [-0.1, -0.05) is 48.0 Å². The van der Waals surface area contributed by atoms with E-state index in [1.807, 2.05) is 66.2 Å². The van der Waals surface area contributed by atoms with Gasteiger partial charge < -0.3 is 10.2 Å². The zero-order chi connectivity index (χ0) is 21.4. The number of nitrogens with zero attached hydrogens (tertiary/aromatic N) is 3. The molecule has 31 heavy (non-hydrogen) atoms. The van der Waals surface area contributed by atoms with E-state index in [-0.39, 0.29) is 24.2 Å². The van der Waals surface area contributed by atoms with Gasteiger partial charge in [-0.25, -0.2) is 4.68 Å². The largest absolute Gasteiger partial charge is 0.338 e. The molecule has 2 amide bonds. The van der Waals surface area contributed by atoms with E-state index in [4.69, 9.17) is 5.10 Å². The number of amides is 2. The summed E-state index contributed by atoms with van der Waals surface area (Å²) in [4.78, 5) is 27.5. The van der Waals surface area contributed by atoms with Crippen molar-refractivity contribution in [1.29, 1.82) is 0 Å². The Labute approximate surface area is 181 Å². The molecule has 1 saturated heterocycles. The number of para-hydroxylation sites is 1. The van der Waals surface area contributed by atoms with E-state index in [2.05, 4.69) is 5.32 Å². The zero-order valence-electron chi connectivity index (χ0n) is 17.7. The summed E-state index contributed by atoms with van der Waals surface area (Å²) >= 11 is 0. The van der Waals surface area contributed by atoms with E-state index in [1.165, 1.54) is 5.56 Å². The van der Waals surface area contributed by atoms with Crippen LogP contribution in [0.25, 0.3) is 5.69 Å². The molecular weight excluding hydrogens is 388 g/mol. The molecule has 1 N–H and O–H groups in total. The molecule has 0 spiro atoms. The molecule has 6 nitrogen and oxygen atoms in total. The maximum Gasteiger partial charge on any atom is 0.230 e. The second-order valence-corrected chi connectivity index (χ2v) is 8.52. The van der Waals surface area contributed by atoms with Crippen molar-refractivity contribution in [2.24, 2.45) is 5.92 Å². The van der Waals surface area contributed by atoms with E-state index in [0.29, 0.717) is 13.1 Å². The Morgan fingerprint density at radius 3 is 2.65 bits per heavy atom. The number of aromatic nitrogens is 2. The van der Waals surface area contributed by atoms with Crippen molar-refractivity contribution >= 4 is 17.6 Å². The Morgan fingerprint density at radius 2 is 1.87 bits per heavy atom. The molecule has 3 aromatic rings. The first kappa shape index (κ1) is 19.5. The highest BCUT2D eigenvalue weighted by Crippen LogP contribution is 2.32. The second-order valence-electron chi connectivity index (χ2n) is 8.52. The molecule has 1 unspecified atom stereocenters. The lowest BCUT2D eigenvalue weighted by Crippen LogP contribution is -2.28. The van der Waals surface area contributed by atoms with Crippen molar-refractivity contribution in [2.75, 3.05) is 11.9 Å². The van der Waals surface area contributed by atoms with Gasteiger partial charge in [0.1, 0.15) is 5.82 Å². The lowest BCUT2D eigenvalue weighted by molar-refractivity contribution is -0.128. The number of likely N-dealkylation sites (tertiary alicyclic amines) is 1. The fourth-order valence-corrected chi connectivity index (χ4v) is 4.51. The van der Waals surface area contributed by atoms with Crippen LogP contribution in [0.15, 0.2) is 54.6 Å². The van der Waals surface area contributed by atoms with Crippen molar-refractivity contribution in [2.45, 2.75) is 39.2 Å². The standard InChI is InChI=1S/C25H26N4O2/c1-17-10-12-18(13-11-17)15-28-16-19(14-23(28)30)25(31)26-24-21-8-5-9-22(21)27-29(24)20-6-3-2-4-7-20/h2-4,6-7,10-13,19H,5,8-9,14-16H2,1H3,(H,26,31). The summed E-state index contributed by atoms with van der Waals surface area (Å²) in [7, 11) is 0. The fraction of sp³-hybridized carbons (Fsp3) is 0.320. The van der Waals surface area contributed by atoms with Crippen LogP contribution in [-0.4, -0.2) is 33.0 Å². The maximum absolute atomic E-state index is 13.2. The topological polar surface area (TPSA) is 67.2 Å². The van der Waals surface area contributed by atoms with Crippen LogP contribution in [0.2, 0.25) is 0 Å². The molecular formula is C25H26N4O2. The van der Waals surface area contributed by atoms with Gasteiger partial charge in [0.15, 0.2) is 0 Å². The van der Waals surface area contributed by atoms with E-state index in [0.717, 1.165) is 47.6 Å². The minimum atomic E-state index is -0.353.